The number of likely N-dealkylation sites (tertiary alicyclic amines) is 2. The van der Waals surface area contributed by atoms with Gasteiger partial charge in [-0.05, 0) is 31.2 Å². The van der Waals surface area contributed by atoms with Crippen molar-refractivity contribution in [3.8, 4) is 0 Å². The van der Waals surface area contributed by atoms with Crippen LogP contribution in [0.4, 0.5) is 0 Å². The van der Waals surface area contributed by atoms with E-state index in [9.17, 15) is 14.4 Å². The first kappa shape index (κ1) is 16.3. The van der Waals surface area contributed by atoms with E-state index in [-0.39, 0.29) is 35.6 Å². The highest BCUT2D eigenvalue weighted by molar-refractivity contribution is 7.98. The summed E-state index contributed by atoms with van der Waals surface area (Å²) >= 11 is 1.43. The molecule has 2 fully saturated rings. The molecule has 3 amide bonds. The zero-order chi connectivity index (χ0) is 17.6. The van der Waals surface area contributed by atoms with E-state index in [0.717, 1.165) is 0 Å². The van der Waals surface area contributed by atoms with Gasteiger partial charge in [0.15, 0.2) is 0 Å². The van der Waals surface area contributed by atoms with Gasteiger partial charge in [0, 0.05) is 19.3 Å². The first-order valence-corrected chi connectivity index (χ1v) is 9.64. The van der Waals surface area contributed by atoms with Gasteiger partial charge in [-0.15, -0.1) is 11.8 Å². The van der Waals surface area contributed by atoms with Crippen molar-refractivity contribution in [1.82, 2.24) is 14.8 Å². The molecule has 0 saturated carbocycles. The first-order chi connectivity index (χ1) is 12.1. The molecular formula is C18H19N3O3S. The maximum Gasteiger partial charge on any atom is 0.256 e. The minimum atomic E-state index is -0.205. The number of carbonyl (C=O) groups is 3. The second-order valence-electron chi connectivity index (χ2n) is 6.63. The number of thioether (sulfide) groups is 1. The van der Waals surface area contributed by atoms with E-state index in [0.29, 0.717) is 36.5 Å². The van der Waals surface area contributed by atoms with Crippen LogP contribution in [0, 0.1) is 11.8 Å². The van der Waals surface area contributed by atoms with Gasteiger partial charge >= 0.3 is 0 Å². The Kier molecular flexibility index (Phi) is 4.11. The maximum absolute atomic E-state index is 12.7. The monoisotopic (exact) mass is 357 g/mol. The Morgan fingerprint density at radius 3 is 2.40 bits per heavy atom. The van der Waals surface area contributed by atoms with Crippen LogP contribution in [0.5, 0.6) is 0 Å². The number of carbonyl (C=O) groups excluding carboxylic acids is 3. The van der Waals surface area contributed by atoms with Crippen molar-refractivity contribution in [1.29, 1.82) is 0 Å². The lowest BCUT2D eigenvalue weighted by molar-refractivity contribution is -0.145. The third kappa shape index (κ3) is 2.57. The second-order valence-corrected chi connectivity index (χ2v) is 7.42. The number of nitrogens with zero attached hydrogens (tertiary/aromatic N) is 3. The molecular weight excluding hydrogens is 338 g/mol. The number of hydrogen-bond donors (Lipinski definition) is 0. The van der Waals surface area contributed by atoms with Gasteiger partial charge in [-0.25, -0.2) is 4.98 Å². The molecule has 0 aromatic carbocycles. The predicted octanol–water partition coefficient (Wildman–Crippen LogP) is 1.58. The summed E-state index contributed by atoms with van der Waals surface area (Å²) in [6.07, 6.45) is 8.81. The van der Waals surface area contributed by atoms with Crippen LogP contribution in [-0.4, -0.2) is 57.9 Å². The molecule has 6 nitrogen and oxygen atoms in total. The minimum Gasteiger partial charge on any atom is -0.334 e. The van der Waals surface area contributed by atoms with Crippen molar-refractivity contribution < 1.29 is 14.4 Å². The quantitative estimate of drug-likeness (QED) is 0.467. The van der Waals surface area contributed by atoms with Gasteiger partial charge in [0.2, 0.25) is 11.8 Å². The molecule has 130 valence electrons. The highest BCUT2D eigenvalue weighted by atomic mass is 32.2. The maximum atomic E-state index is 12.7. The predicted molar refractivity (Wildman–Crippen MR) is 92.9 cm³/mol. The molecule has 3 aliphatic rings. The van der Waals surface area contributed by atoms with Crippen molar-refractivity contribution in [3.05, 3.63) is 36.0 Å². The molecule has 0 spiro atoms. The number of hydrogen-bond acceptors (Lipinski definition) is 5. The Bertz CT molecular complexity index is 747. The van der Waals surface area contributed by atoms with Gasteiger partial charge in [0.05, 0.1) is 23.4 Å². The van der Waals surface area contributed by atoms with Crippen LogP contribution in [0.25, 0.3) is 0 Å². The average Bonchev–Trinajstić information content (AvgIpc) is 2.86. The summed E-state index contributed by atoms with van der Waals surface area (Å²) < 4.78 is 0. The third-order valence-electron chi connectivity index (χ3n) is 5.25. The molecule has 0 radical (unpaired) electrons. The average molecular weight is 357 g/mol. The number of allylic oxidation sites excluding steroid dienone is 2. The third-order valence-corrected chi connectivity index (χ3v) is 5.96. The number of aromatic nitrogens is 1. The van der Waals surface area contributed by atoms with Gasteiger partial charge in [-0.3, -0.25) is 19.3 Å². The van der Waals surface area contributed by atoms with Crippen LogP contribution >= 0.6 is 11.8 Å². The Morgan fingerprint density at radius 2 is 1.80 bits per heavy atom. The highest BCUT2D eigenvalue weighted by Crippen LogP contribution is 2.37. The summed E-state index contributed by atoms with van der Waals surface area (Å²) in [5, 5.41) is 0.696. The number of imide groups is 1. The van der Waals surface area contributed by atoms with Crippen molar-refractivity contribution in [2.24, 2.45) is 11.8 Å². The van der Waals surface area contributed by atoms with Gasteiger partial charge < -0.3 is 4.90 Å². The van der Waals surface area contributed by atoms with Crippen LogP contribution in [0.3, 0.4) is 0 Å². The molecule has 4 rings (SSSR count). The number of pyridine rings is 1. The van der Waals surface area contributed by atoms with E-state index >= 15 is 0 Å². The standard InChI is InChI=1S/C18H19N3O3S/c1-25-15-14(7-4-8-19-15)16(22)20-9-11(10-20)21-17(23)12-5-2-3-6-13(12)18(21)24/h2-4,7-8,11-13H,5-6,9-10H2,1H3. The van der Waals surface area contributed by atoms with Gasteiger partial charge in [-0.2, -0.15) is 0 Å². The Hall–Kier alpha value is -2.15. The molecule has 2 unspecified atom stereocenters. The molecule has 0 bridgehead atoms. The fourth-order valence-electron chi connectivity index (χ4n) is 3.86. The molecule has 2 aliphatic heterocycles. The fraction of sp³-hybridized carbons (Fsp3) is 0.444. The molecule has 2 saturated heterocycles. The van der Waals surface area contributed by atoms with Crippen LogP contribution in [0.1, 0.15) is 23.2 Å². The Balaban J connectivity index is 1.45. The van der Waals surface area contributed by atoms with Crippen molar-refractivity contribution >= 4 is 29.5 Å². The van der Waals surface area contributed by atoms with E-state index in [1.165, 1.54) is 16.7 Å². The SMILES string of the molecule is CSc1ncccc1C(=O)N1CC(N2C(=O)C3CC=CCC3C2=O)C1. The largest absolute Gasteiger partial charge is 0.334 e. The summed E-state index contributed by atoms with van der Waals surface area (Å²) in [4.78, 5) is 45.1. The van der Waals surface area contributed by atoms with Gasteiger partial charge in [-0.1, -0.05) is 12.2 Å². The molecule has 0 N–H and O–H groups in total. The lowest BCUT2D eigenvalue weighted by atomic mass is 9.85. The topological polar surface area (TPSA) is 70.6 Å². The molecule has 25 heavy (non-hydrogen) atoms. The summed E-state index contributed by atoms with van der Waals surface area (Å²) in [6, 6.07) is 3.32. The smallest absolute Gasteiger partial charge is 0.256 e. The van der Waals surface area contributed by atoms with Crippen LogP contribution < -0.4 is 0 Å². The van der Waals surface area contributed by atoms with Crippen molar-refractivity contribution in [2.75, 3.05) is 19.3 Å². The summed E-state index contributed by atoms with van der Waals surface area (Å²) in [6.45, 7) is 0.817. The molecule has 3 heterocycles. The normalized spacial score (nSPS) is 26.0. The van der Waals surface area contributed by atoms with E-state index in [1.807, 2.05) is 18.4 Å². The Morgan fingerprint density at radius 1 is 1.16 bits per heavy atom. The molecule has 1 aromatic rings. The molecule has 7 heteroatoms. The van der Waals surface area contributed by atoms with E-state index in [2.05, 4.69) is 4.98 Å². The zero-order valence-electron chi connectivity index (χ0n) is 13.9. The Labute approximate surface area is 150 Å². The van der Waals surface area contributed by atoms with Crippen LogP contribution in [-0.2, 0) is 9.59 Å². The minimum absolute atomic E-state index is 0.0670. The summed E-state index contributed by atoms with van der Waals surface area (Å²) in [5.74, 6) is -0.635. The summed E-state index contributed by atoms with van der Waals surface area (Å²) in [7, 11) is 0. The fourth-order valence-corrected chi connectivity index (χ4v) is 4.40. The lowest BCUT2D eigenvalue weighted by Gasteiger charge is -2.43. The van der Waals surface area contributed by atoms with Crippen molar-refractivity contribution in [3.63, 3.8) is 0 Å². The van der Waals surface area contributed by atoms with E-state index in [1.54, 1.807) is 23.2 Å². The number of amides is 3. The second kappa shape index (κ2) is 6.29. The molecule has 1 aromatic heterocycles. The van der Waals surface area contributed by atoms with Crippen LogP contribution in [0.15, 0.2) is 35.5 Å². The van der Waals surface area contributed by atoms with E-state index in [4.69, 9.17) is 0 Å². The number of fused-ring (bicyclic) bond motifs is 1. The van der Waals surface area contributed by atoms with E-state index < -0.39 is 0 Å². The van der Waals surface area contributed by atoms with Crippen LogP contribution in [0.2, 0.25) is 0 Å². The molecule has 1 aliphatic carbocycles. The lowest BCUT2D eigenvalue weighted by Crippen LogP contribution is -2.62. The highest BCUT2D eigenvalue weighted by Gasteiger charge is 2.52. The number of rotatable bonds is 3. The van der Waals surface area contributed by atoms with Crippen molar-refractivity contribution in [2.45, 2.75) is 23.9 Å². The summed E-state index contributed by atoms with van der Waals surface area (Å²) in [5.41, 5.74) is 0.574. The van der Waals surface area contributed by atoms with Gasteiger partial charge in [0.25, 0.3) is 5.91 Å². The first-order valence-electron chi connectivity index (χ1n) is 8.42. The molecule has 2 atom stereocenters. The zero-order valence-corrected chi connectivity index (χ0v) is 14.7. The van der Waals surface area contributed by atoms with Gasteiger partial charge in [0.1, 0.15) is 5.03 Å².